The Labute approximate surface area is 106 Å². The van der Waals surface area contributed by atoms with Gasteiger partial charge in [-0.15, -0.1) is 0 Å². The summed E-state index contributed by atoms with van der Waals surface area (Å²) in [4.78, 5) is 0. The summed E-state index contributed by atoms with van der Waals surface area (Å²) in [6, 6.07) is 7.04. The van der Waals surface area contributed by atoms with Crippen molar-refractivity contribution in [1.82, 2.24) is 5.32 Å². The summed E-state index contributed by atoms with van der Waals surface area (Å²) in [5, 5.41) is 3.47. The van der Waals surface area contributed by atoms with E-state index in [1.54, 1.807) is 12.1 Å². The second-order valence-electron chi connectivity index (χ2n) is 5.36. The molecule has 1 aromatic carbocycles. The number of hydrogen-bond acceptors (Lipinski definition) is 2. The van der Waals surface area contributed by atoms with Gasteiger partial charge < -0.3 is 10.1 Å². The fourth-order valence-electron chi connectivity index (χ4n) is 1.85. The van der Waals surface area contributed by atoms with Crippen LogP contribution in [-0.2, 0) is 0 Å². The summed E-state index contributed by atoms with van der Waals surface area (Å²) in [5.74, 6) is 0.204. The third-order valence-electron chi connectivity index (χ3n) is 3.54. The molecule has 4 heteroatoms. The van der Waals surface area contributed by atoms with Crippen molar-refractivity contribution in [2.45, 2.75) is 39.3 Å². The highest BCUT2D eigenvalue weighted by molar-refractivity contribution is 5.29. The molecule has 2 nitrogen and oxygen atoms in total. The fraction of sp³-hybridized carbons (Fsp3) is 0.571. The molecule has 1 N–H and O–H groups in total. The Hall–Kier alpha value is -1.16. The average Bonchev–Trinajstić information content (AvgIpc) is 3.05. The molecule has 1 aromatic rings. The lowest BCUT2D eigenvalue weighted by molar-refractivity contribution is -0.0498. The zero-order valence-corrected chi connectivity index (χ0v) is 10.7. The summed E-state index contributed by atoms with van der Waals surface area (Å²) in [5.41, 5.74) is 1.55. The molecule has 0 aliphatic heterocycles. The van der Waals surface area contributed by atoms with Crippen molar-refractivity contribution in [3.8, 4) is 5.75 Å². The summed E-state index contributed by atoms with van der Waals surface area (Å²) in [7, 11) is 0. The van der Waals surface area contributed by atoms with Gasteiger partial charge in [-0.3, -0.25) is 0 Å². The molecule has 1 saturated carbocycles. The van der Waals surface area contributed by atoms with E-state index in [1.165, 1.54) is 12.8 Å². The van der Waals surface area contributed by atoms with E-state index in [0.717, 1.165) is 12.1 Å². The predicted octanol–water partition coefficient (Wildman–Crippen LogP) is 3.74. The number of ether oxygens (including phenoxy) is 1. The minimum absolute atomic E-state index is 0.204. The van der Waals surface area contributed by atoms with Gasteiger partial charge in [-0.2, -0.15) is 8.78 Å². The van der Waals surface area contributed by atoms with Crippen LogP contribution in [0.4, 0.5) is 8.78 Å². The van der Waals surface area contributed by atoms with Crippen LogP contribution in [0.3, 0.4) is 0 Å². The van der Waals surface area contributed by atoms with E-state index in [4.69, 9.17) is 0 Å². The van der Waals surface area contributed by atoms with E-state index in [-0.39, 0.29) is 11.8 Å². The number of halogens is 2. The van der Waals surface area contributed by atoms with Crippen LogP contribution in [0.1, 0.15) is 38.3 Å². The maximum absolute atomic E-state index is 12.0. The Morgan fingerprint density at radius 1 is 1.28 bits per heavy atom. The lowest BCUT2D eigenvalue weighted by Crippen LogP contribution is -2.25. The van der Waals surface area contributed by atoms with E-state index in [9.17, 15) is 8.78 Å². The van der Waals surface area contributed by atoms with Crippen LogP contribution in [0.2, 0.25) is 0 Å². The van der Waals surface area contributed by atoms with Gasteiger partial charge in [-0.25, -0.2) is 0 Å². The molecule has 0 spiro atoms. The van der Waals surface area contributed by atoms with Crippen LogP contribution in [0.5, 0.6) is 5.75 Å². The maximum atomic E-state index is 12.0. The zero-order chi connectivity index (χ0) is 13.2. The molecule has 1 atom stereocenters. The van der Waals surface area contributed by atoms with Gasteiger partial charge in [0.15, 0.2) is 0 Å². The first-order chi connectivity index (χ1) is 8.48. The van der Waals surface area contributed by atoms with E-state index in [0.29, 0.717) is 5.41 Å². The molecular formula is C14H19F2NO. The molecule has 1 aliphatic rings. The third kappa shape index (κ3) is 3.67. The number of nitrogens with one attached hydrogen (secondary N) is 1. The Kier molecular flexibility index (Phi) is 3.85. The molecule has 0 heterocycles. The lowest BCUT2D eigenvalue weighted by Gasteiger charge is -2.17. The van der Waals surface area contributed by atoms with E-state index < -0.39 is 6.61 Å². The smallest absolute Gasteiger partial charge is 0.387 e. The molecule has 0 amide bonds. The monoisotopic (exact) mass is 255 g/mol. The molecule has 0 aromatic heterocycles. The normalized spacial score (nSPS) is 18.7. The molecule has 1 unspecified atom stereocenters. The van der Waals surface area contributed by atoms with E-state index >= 15 is 0 Å². The second-order valence-corrected chi connectivity index (χ2v) is 5.36. The quantitative estimate of drug-likeness (QED) is 0.836. The van der Waals surface area contributed by atoms with Crippen molar-refractivity contribution in [2.75, 3.05) is 6.54 Å². The SMILES string of the molecule is CC(NCC1(C)CC1)c1ccc(OC(F)F)cc1. The van der Waals surface area contributed by atoms with Gasteiger partial charge in [0.05, 0.1) is 0 Å². The van der Waals surface area contributed by atoms with Gasteiger partial charge in [0.1, 0.15) is 5.75 Å². The molecule has 1 aliphatic carbocycles. The van der Waals surface area contributed by atoms with Crippen LogP contribution in [-0.4, -0.2) is 13.2 Å². The standard InChI is InChI=1S/C14H19F2NO/c1-10(17-9-14(2)7-8-14)11-3-5-12(6-4-11)18-13(15)16/h3-6,10,13,17H,7-9H2,1-2H3. The topological polar surface area (TPSA) is 21.3 Å². The van der Waals surface area contributed by atoms with Crippen molar-refractivity contribution in [2.24, 2.45) is 5.41 Å². The van der Waals surface area contributed by atoms with Gasteiger partial charge in [-0.05, 0) is 42.9 Å². The summed E-state index contributed by atoms with van der Waals surface area (Å²) >= 11 is 0. The number of benzene rings is 1. The van der Waals surface area contributed by atoms with Crippen molar-refractivity contribution < 1.29 is 13.5 Å². The van der Waals surface area contributed by atoms with Crippen molar-refractivity contribution in [3.05, 3.63) is 29.8 Å². The number of alkyl halides is 2. The number of hydrogen-bond donors (Lipinski definition) is 1. The first kappa shape index (κ1) is 13.3. The van der Waals surface area contributed by atoms with Crippen LogP contribution in [0.15, 0.2) is 24.3 Å². The zero-order valence-electron chi connectivity index (χ0n) is 10.7. The third-order valence-corrected chi connectivity index (χ3v) is 3.54. The first-order valence-electron chi connectivity index (χ1n) is 6.27. The van der Waals surface area contributed by atoms with Crippen molar-refractivity contribution in [1.29, 1.82) is 0 Å². The van der Waals surface area contributed by atoms with Crippen LogP contribution >= 0.6 is 0 Å². The lowest BCUT2D eigenvalue weighted by atomic mass is 10.1. The highest BCUT2D eigenvalue weighted by Gasteiger charge is 2.36. The van der Waals surface area contributed by atoms with Gasteiger partial charge in [0.2, 0.25) is 0 Å². The van der Waals surface area contributed by atoms with Gasteiger partial charge >= 0.3 is 6.61 Å². The predicted molar refractivity (Wildman–Crippen MR) is 66.8 cm³/mol. The Bertz CT molecular complexity index is 387. The molecule has 0 bridgehead atoms. The molecule has 18 heavy (non-hydrogen) atoms. The first-order valence-corrected chi connectivity index (χ1v) is 6.27. The minimum Gasteiger partial charge on any atom is -0.435 e. The molecule has 0 saturated heterocycles. The van der Waals surface area contributed by atoms with E-state index in [1.807, 2.05) is 12.1 Å². The maximum Gasteiger partial charge on any atom is 0.387 e. The molecule has 2 rings (SSSR count). The average molecular weight is 255 g/mol. The summed E-state index contributed by atoms with van der Waals surface area (Å²) in [6.45, 7) is 2.59. The van der Waals surface area contributed by atoms with Crippen LogP contribution < -0.4 is 10.1 Å². The second kappa shape index (κ2) is 5.22. The van der Waals surface area contributed by atoms with Gasteiger partial charge in [-0.1, -0.05) is 19.1 Å². The highest BCUT2D eigenvalue weighted by Crippen LogP contribution is 2.44. The summed E-state index contributed by atoms with van der Waals surface area (Å²) in [6.07, 6.45) is 2.57. The van der Waals surface area contributed by atoms with Crippen LogP contribution in [0.25, 0.3) is 0 Å². The Morgan fingerprint density at radius 3 is 2.39 bits per heavy atom. The fourth-order valence-corrected chi connectivity index (χ4v) is 1.85. The Morgan fingerprint density at radius 2 is 1.89 bits per heavy atom. The summed E-state index contributed by atoms with van der Waals surface area (Å²) < 4.78 is 28.3. The number of rotatable bonds is 6. The molecule has 0 radical (unpaired) electrons. The van der Waals surface area contributed by atoms with Crippen molar-refractivity contribution in [3.63, 3.8) is 0 Å². The minimum atomic E-state index is -2.76. The van der Waals surface area contributed by atoms with Gasteiger partial charge in [0, 0.05) is 12.6 Å². The molecular weight excluding hydrogens is 236 g/mol. The van der Waals surface area contributed by atoms with E-state index in [2.05, 4.69) is 23.9 Å². The molecule has 1 fully saturated rings. The Balaban J connectivity index is 1.87. The molecule has 100 valence electrons. The van der Waals surface area contributed by atoms with Crippen LogP contribution in [0, 0.1) is 5.41 Å². The van der Waals surface area contributed by atoms with Crippen molar-refractivity contribution >= 4 is 0 Å². The highest BCUT2D eigenvalue weighted by atomic mass is 19.3. The largest absolute Gasteiger partial charge is 0.435 e. The van der Waals surface area contributed by atoms with Gasteiger partial charge in [0.25, 0.3) is 0 Å².